The minimum absolute atomic E-state index is 0.183. The van der Waals surface area contributed by atoms with Gasteiger partial charge in [0.2, 0.25) is 5.91 Å². The maximum Gasteiger partial charge on any atom is 0.329 e. The van der Waals surface area contributed by atoms with Crippen LogP contribution in [0.15, 0.2) is 68.6 Å². The number of para-hydroxylation sites is 2. The molecule has 4 rings (SSSR count). The lowest BCUT2D eigenvalue weighted by molar-refractivity contribution is -0.132. The molecule has 2 aromatic heterocycles. The number of aromatic nitrogens is 2. The number of H-pyrrole nitrogens is 1. The van der Waals surface area contributed by atoms with E-state index in [0.29, 0.717) is 16.7 Å². The summed E-state index contributed by atoms with van der Waals surface area (Å²) < 4.78 is 7.13. The van der Waals surface area contributed by atoms with Gasteiger partial charge in [-0.25, -0.2) is 4.79 Å². The number of carbonyl (C=O) groups excluding carboxylic acids is 1. The quantitative estimate of drug-likeness (QED) is 0.592. The van der Waals surface area contributed by atoms with Gasteiger partial charge in [-0.3, -0.25) is 19.1 Å². The third-order valence-corrected chi connectivity index (χ3v) is 5.03. The molecule has 0 saturated carbocycles. The van der Waals surface area contributed by atoms with Crippen LogP contribution in [0.4, 0.5) is 0 Å². The number of nitrogens with zero attached hydrogens (tertiary/aromatic N) is 2. The van der Waals surface area contributed by atoms with E-state index in [-0.39, 0.29) is 18.5 Å². The van der Waals surface area contributed by atoms with Gasteiger partial charge in [0, 0.05) is 12.4 Å². The molecule has 0 aliphatic rings. The van der Waals surface area contributed by atoms with Crippen LogP contribution in [-0.2, 0) is 11.3 Å². The molecular weight excluding hydrogens is 358 g/mol. The summed E-state index contributed by atoms with van der Waals surface area (Å²) in [5, 5.41) is 1.33. The summed E-state index contributed by atoms with van der Waals surface area (Å²) >= 11 is 0. The van der Waals surface area contributed by atoms with Crippen molar-refractivity contribution in [1.29, 1.82) is 0 Å². The number of fused-ring (bicyclic) bond motifs is 2. The molecule has 0 bridgehead atoms. The van der Waals surface area contributed by atoms with Gasteiger partial charge in [0.15, 0.2) is 0 Å². The Labute approximate surface area is 159 Å². The Balaban J connectivity index is 1.64. The molecule has 28 heavy (non-hydrogen) atoms. The minimum Gasteiger partial charge on any atom is -0.459 e. The number of rotatable bonds is 4. The number of likely N-dealkylation sites (N-methyl/N-ethyl adjacent to an activating group) is 1. The van der Waals surface area contributed by atoms with Crippen LogP contribution in [0.3, 0.4) is 0 Å². The van der Waals surface area contributed by atoms with Gasteiger partial charge >= 0.3 is 5.69 Å². The van der Waals surface area contributed by atoms with E-state index in [1.54, 1.807) is 31.3 Å². The van der Waals surface area contributed by atoms with Gasteiger partial charge < -0.3 is 9.32 Å². The van der Waals surface area contributed by atoms with Crippen LogP contribution >= 0.6 is 0 Å². The van der Waals surface area contributed by atoms with E-state index < -0.39 is 11.2 Å². The molecule has 142 valence electrons. The summed E-state index contributed by atoms with van der Waals surface area (Å²) in [5.41, 5.74) is 0.109. The first-order valence-electron chi connectivity index (χ1n) is 8.91. The Kier molecular flexibility index (Phi) is 4.35. The SMILES string of the molecule is C[C@H](c1cc2ccccc2o1)N(C)C(=O)Cn1c(=O)[nH]c(=O)c2ccccc21. The molecule has 0 aliphatic heterocycles. The third-order valence-electron chi connectivity index (χ3n) is 5.03. The molecule has 7 heteroatoms. The van der Waals surface area contributed by atoms with Gasteiger partial charge in [-0.2, -0.15) is 0 Å². The summed E-state index contributed by atoms with van der Waals surface area (Å²) in [4.78, 5) is 40.9. The number of aromatic amines is 1. The summed E-state index contributed by atoms with van der Waals surface area (Å²) in [7, 11) is 1.67. The molecule has 0 radical (unpaired) electrons. The van der Waals surface area contributed by atoms with Crippen molar-refractivity contribution in [1.82, 2.24) is 14.5 Å². The van der Waals surface area contributed by atoms with E-state index in [0.717, 1.165) is 11.0 Å². The van der Waals surface area contributed by atoms with E-state index in [9.17, 15) is 14.4 Å². The topological polar surface area (TPSA) is 88.3 Å². The lowest BCUT2D eigenvalue weighted by atomic mass is 10.2. The summed E-state index contributed by atoms with van der Waals surface area (Å²) in [6, 6.07) is 15.9. The molecule has 0 fully saturated rings. The van der Waals surface area contributed by atoms with E-state index in [1.807, 2.05) is 37.3 Å². The number of carbonyl (C=O) groups is 1. The highest BCUT2D eigenvalue weighted by molar-refractivity contribution is 5.82. The molecule has 2 heterocycles. The molecule has 1 amide bonds. The number of nitrogens with one attached hydrogen (secondary N) is 1. The maximum absolute atomic E-state index is 12.9. The zero-order chi connectivity index (χ0) is 19.8. The normalized spacial score (nSPS) is 12.4. The number of benzene rings is 2. The van der Waals surface area contributed by atoms with Gasteiger partial charge in [0.25, 0.3) is 5.56 Å². The smallest absolute Gasteiger partial charge is 0.329 e. The standard InChI is InChI=1S/C21H19N3O4/c1-13(18-11-14-7-3-6-10-17(14)28-18)23(2)19(25)12-24-16-9-5-4-8-15(16)20(26)22-21(24)27/h3-11,13H,12H2,1-2H3,(H,22,26,27)/t13-/m1/s1. The van der Waals surface area contributed by atoms with Crippen LogP contribution in [0, 0.1) is 0 Å². The number of furan rings is 1. The monoisotopic (exact) mass is 377 g/mol. The lowest BCUT2D eigenvalue weighted by Gasteiger charge is -2.24. The molecule has 1 N–H and O–H groups in total. The van der Waals surface area contributed by atoms with Crippen molar-refractivity contribution in [3.05, 3.63) is 81.2 Å². The van der Waals surface area contributed by atoms with Crippen LogP contribution in [-0.4, -0.2) is 27.4 Å². The van der Waals surface area contributed by atoms with Crippen molar-refractivity contribution < 1.29 is 9.21 Å². The lowest BCUT2D eigenvalue weighted by Crippen LogP contribution is -2.38. The van der Waals surface area contributed by atoms with E-state index in [2.05, 4.69) is 4.98 Å². The molecule has 4 aromatic rings. The first-order valence-corrected chi connectivity index (χ1v) is 8.91. The summed E-state index contributed by atoms with van der Waals surface area (Å²) in [5.74, 6) is 0.392. The Morgan fingerprint density at radius 2 is 1.86 bits per heavy atom. The molecular formula is C21H19N3O4. The van der Waals surface area contributed by atoms with Crippen LogP contribution in [0.1, 0.15) is 18.7 Å². The Bertz CT molecular complexity index is 1270. The largest absolute Gasteiger partial charge is 0.459 e. The zero-order valence-electron chi connectivity index (χ0n) is 15.5. The van der Waals surface area contributed by atoms with Crippen molar-refractivity contribution in [2.24, 2.45) is 0 Å². The van der Waals surface area contributed by atoms with Crippen LogP contribution in [0.5, 0.6) is 0 Å². The zero-order valence-corrected chi connectivity index (χ0v) is 15.5. The second kappa shape index (κ2) is 6.84. The Hall–Kier alpha value is -3.61. The van der Waals surface area contributed by atoms with Gasteiger partial charge in [0.1, 0.15) is 17.9 Å². The Morgan fingerprint density at radius 1 is 1.14 bits per heavy atom. The molecule has 7 nitrogen and oxygen atoms in total. The van der Waals surface area contributed by atoms with Crippen LogP contribution in [0.2, 0.25) is 0 Å². The Morgan fingerprint density at radius 3 is 2.64 bits per heavy atom. The average Bonchev–Trinajstić information content (AvgIpc) is 3.14. The second-order valence-corrected chi connectivity index (χ2v) is 6.73. The first kappa shape index (κ1) is 17.8. The van der Waals surface area contributed by atoms with Gasteiger partial charge in [-0.15, -0.1) is 0 Å². The average molecular weight is 377 g/mol. The van der Waals surface area contributed by atoms with Crippen molar-refractivity contribution in [2.75, 3.05) is 7.05 Å². The van der Waals surface area contributed by atoms with E-state index >= 15 is 0 Å². The maximum atomic E-state index is 12.9. The third kappa shape index (κ3) is 3.00. The second-order valence-electron chi connectivity index (χ2n) is 6.73. The van der Waals surface area contributed by atoms with Crippen LogP contribution < -0.4 is 11.2 Å². The fraction of sp³-hybridized carbons (Fsp3) is 0.190. The highest BCUT2D eigenvalue weighted by Gasteiger charge is 2.22. The molecule has 1 atom stereocenters. The van der Waals surface area contributed by atoms with Gasteiger partial charge in [0.05, 0.1) is 16.9 Å². The predicted molar refractivity (Wildman–Crippen MR) is 106 cm³/mol. The molecule has 0 aliphatic carbocycles. The molecule has 0 saturated heterocycles. The predicted octanol–water partition coefficient (Wildman–Crippen LogP) is 2.66. The van der Waals surface area contributed by atoms with E-state index in [1.165, 1.54) is 9.47 Å². The number of hydrogen-bond donors (Lipinski definition) is 1. The molecule has 2 aromatic carbocycles. The summed E-state index contributed by atoms with van der Waals surface area (Å²) in [6.07, 6.45) is 0. The number of hydrogen-bond acceptors (Lipinski definition) is 4. The summed E-state index contributed by atoms with van der Waals surface area (Å²) in [6.45, 7) is 1.68. The van der Waals surface area contributed by atoms with Crippen LogP contribution in [0.25, 0.3) is 21.9 Å². The molecule has 0 unspecified atom stereocenters. The van der Waals surface area contributed by atoms with Crippen molar-refractivity contribution in [2.45, 2.75) is 19.5 Å². The highest BCUT2D eigenvalue weighted by atomic mass is 16.3. The van der Waals surface area contributed by atoms with Crippen molar-refractivity contribution in [3.63, 3.8) is 0 Å². The number of amides is 1. The fourth-order valence-electron chi connectivity index (χ4n) is 3.26. The fourth-order valence-corrected chi connectivity index (χ4v) is 3.26. The van der Waals surface area contributed by atoms with Crippen molar-refractivity contribution >= 4 is 27.8 Å². The van der Waals surface area contributed by atoms with E-state index in [4.69, 9.17) is 4.42 Å². The molecule has 0 spiro atoms. The minimum atomic E-state index is -0.609. The highest BCUT2D eigenvalue weighted by Crippen LogP contribution is 2.26. The van der Waals surface area contributed by atoms with Gasteiger partial charge in [-0.1, -0.05) is 30.3 Å². The van der Waals surface area contributed by atoms with Crippen molar-refractivity contribution in [3.8, 4) is 0 Å². The first-order chi connectivity index (χ1) is 13.5. The van der Waals surface area contributed by atoms with Gasteiger partial charge in [-0.05, 0) is 31.2 Å².